The number of likely N-dealkylation sites (tertiary alicyclic amines) is 1. The van der Waals surface area contributed by atoms with E-state index in [0.717, 1.165) is 36.0 Å². The SMILES string of the molecule is CN1CCN(C(OC2CCC(C(=O)O)CC2)(C(=O)Cc2ccc(NC(=O)c3csc4ccccc34)c(Cl)c2F)N2CCCC2)CC1. The summed E-state index contributed by atoms with van der Waals surface area (Å²) < 4.78 is 23.8. The molecule has 1 unspecified atom stereocenters. The first-order valence-corrected chi connectivity index (χ1v) is 17.3. The molecule has 1 atom stereocenters. The summed E-state index contributed by atoms with van der Waals surface area (Å²) in [5.41, 5.74) is 0.741. The Balaban J connectivity index is 1.27. The summed E-state index contributed by atoms with van der Waals surface area (Å²) in [6, 6.07) is 10.6. The van der Waals surface area contributed by atoms with E-state index in [1.807, 2.05) is 31.3 Å². The molecule has 0 radical (unpaired) electrons. The number of aliphatic carboxylic acids is 1. The van der Waals surface area contributed by atoms with Crippen molar-refractivity contribution in [3.05, 3.63) is 63.7 Å². The van der Waals surface area contributed by atoms with Crippen molar-refractivity contribution in [2.45, 2.75) is 56.9 Å². The van der Waals surface area contributed by atoms with Crippen LogP contribution in [0.4, 0.5) is 10.1 Å². The maximum Gasteiger partial charge on any atom is 0.306 e. The summed E-state index contributed by atoms with van der Waals surface area (Å²) in [4.78, 5) is 45.8. The number of hydrogen-bond donors (Lipinski definition) is 2. The van der Waals surface area contributed by atoms with Crippen LogP contribution in [0.1, 0.15) is 54.4 Å². The fourth-order valence-electron chi connectivity index (χ4n) is 7.01. The average molecular weight is 671 g/mol. The molecule has 3 heterocycles. The number of carbonyl (C=O) groups excluding carboxylic acids is 2. The molecule has 2 N–H and O–H groups in total. The Hall–Kier alpha value is -2.93. The number of rotatable bonds is 10. The molecule has 46 heavy (non-hydrogen) atoms. The number of benzene rings is 2. The summed E-state index contributed by atoms with van der Waals surface area (Å²) in [5.74, 6) is -4.01. The molecule has 1 aliphatic carbocycles. The predicted molar refractivity (Wildman–Crippen MR) is 177 cm³/mol. The Kier molecular flexibility index (Phi) is 10.1. The summed E-state index contributed by atoms with van der Waals surface area (Å²) in [6.45, 7) is 4.07. The van der Waals surface area contributed by atoms with Gasteiger partial charge in [0.25, 0.3) is 5.91 Å². The molecule has 1 amide bonds. The first-order chi connectivity index (χ1) is 22.2. The van der Waals surface area contributed by atoms with Crippen LogP contribution in [0, 0.1) is 11.7 Å². The van der Waals surface area contributed by atoms with E-state index in [1.165, 1.54) is 17.4 Å². The Morgan fingerprint density at radius 2 is 1.67 bits per heavy atom. The largest absolute Gasteiger partial charge is 0.481 e. The second kappa shape index (κ2) is 14.0. The van der Waals surface area contributed by atoms with E-state index in [-0.39, 0.29) is 34.6 Å². The first-order valence-electron chi connectivity index (χ1n) is 16.0. The minimum absolute atomic E-state index is 0.130. The highest BCUT2D eigenvalue weighted by Gasteiger charge is 2.53. The summed E-state index contributed by atoms with van der Waals surface area (Å²) in [6.07, 6.45) is 3.37. The van der Waals surface area contributed by atoms with E-state index in [4.69, 9.17) is 16.3 Å². The van der Waals surface area contributed by atoms with Crippen LogP contribution in [0.5, 0.6) is 0 Å². The van der Waals surface area contributed by atoms with Crippen LogP contribution < -0.4 is 5.32 Å². The molecular weight excluding hydrogens is 631 g/mol. The van der Waals surface area contributed by atoms with Crippen molar-refractivity contribution >= 4 is 56.4 Å². The number of likely N-dealkylation sites (N-methyl/N-ethyl adjacent to an activating group) is 1. The topological polar surface area (TPSA) is 102 Å². The molecule has 1 saturated carbocycles. The maximum atomic E-state index is 15.9. The zero-order chi connectivity index (χ0) is 32.4. The number of carbonyl (C=O) groups is 3. The average Bonchev–Trinajstić information content (AvgIpc) is 3.75. The highest BCUT2D eigenvalue weighted by molar-refractivity contribution is 7.17. The monoisotopic (exact) mass is 670 g/mol. The number of ketones is 1. The minimum atomic E-state index is -1.40. The summed E-state index contributed by atoms with van der Waals surface area (Å²) in [5, 5.41) is 14.6. The van der Waals surface area contributed by atoms with Gasteiger partial charge in [-0.25, -0.2) is 4.39 Å². The Bertz CT molecular complexity index is 1600. The number of halogens is 2. The molecule has 1 aromatic heterocycles. The fourth-order valence-corrected chi connectivity index (χ4v) is 8.18. The number of piperazine rings is 1. The molecule has 0 spiro atoms. The van der Waals surface area contributed by atoms with E-state index < -0.39 is 29.5 Å². The van der Waals surface area contributed by atoms with Crippen molar-refractivity contribution in [1.82, 2.24) is 14.7 Å². The Labute approximate surface area is 277 Å². The van der Waals surface area contributed by atoms with E-state index >= 15 is 4.39 Å². The summed E-state index contributed by atoms with van der Waals surface area (Å²) in [7, 11) is 2.04. The third-order valence-corrected chi connectivity index (χ3v) is 11.0. The highest BCUT2D eigenvalue weighted by Crippen LogP contribution is 2.37. The van der Waals surface area contributed by atoms with Crippen molar-refractivity contribution in [3.63, 3.8) is 0 Å². The second-order valence-corrected chi connectivity index (χ2v) is 13.9. The van der Waals surface area contributed by atoms with E-state index in [0.29, 0.717) is 57.4 Å². The molecule has 3 aliphatic rings. The lowest BCUT2D eigenvalue weighted by Gasteiger charge is -2.51. The van der Waals surface area contributed by atoms with Crippen molar-refractivity contribution < 1.29 is 28.6 Å². The number of anilines is 1. The summed E-state index contributed by atoms with van der Waals surface area (Å²) >= 11 is 7.96. The first kappa shape index (κ1) is 33.0. The van der Waals surface area contributed by atoms with Gasteiger partial charge < -0.3 is 20.1 Å². The zero-order valence-electron chi connectivity index (χ0n) is 26.0. The number of nitrogens with zero attached hydrogens (tertiary/aromatic N) is 3. The van der Waals surface area contributed by atoms with Crippen LogP contribution in [0.3, 0.4) is 0 Å². The lowest BCUT2D eigenvalue weighted by atomic mass is 9.87. The van der Waals surface area contributed by atoms with Gasteiger partial charge in [-0.15, -0.1) is 11.3 Å². The minimum Gasteiger partial charge on any atom is -0.481 e. The smallest absolute Gasteiger partial charge is 0.306 e. The van der Waals surface area contributed by atoms with E-state index in [9.17, 15) is 19.5 Å². The standard InChI is InChI=1S/C34H40ClFN4O5S/c1-38-16-18-40(19-17-38)34(39-14-4-5-15-39,45-24-11-8-22(9-12-24)33(43)44)29(41)20-23-10-13-27(30(35)31(23)36)37-32(42)26-21-46-28-7-3-2-6-25(26)28/h2-3,6-7,10,13,21-22,24H,4-5,8-9,11-12,14-20H2,1H3,(H,37,42)(H,43,44). The molecule has 3 aromatic rings. The quantitative estimate of drug-likeness (QED) is 0.283. The number of carboxylic acid groups (broad SMARTS) is 1. The molecule has 0 bridgehead atoms. The molecular formula is C34H40ClFN4O5S. The zero-order valence-corrected chi connectivity index (χ0v) is 27.5. The Morgan fingerprint density at radius 1 is 1.00 bits per heavy atom. The highest BCUT2D eigenvalue weighted by atomic mass is 35.5. The van der Waals surface area contributed by atoms with E-state index in [1.54, 1.807) is 11.4 Å². The number of nitrogens with one attached hydrogen (secondary N) is 1. The number of amides is 1. The van der Waals surface area contributed by atoms with Crippen molar-refractivity contribution in [2.24, 2.45) is 5.92 Å². The number of hydrogen-bond acceptors (Lipinski definition) is 8. The third-order valence-electron chi connectivity index (χ3n) is 9.67. The van der Waals surface area contributed by atoms with Crippen LogP contribution in [-0.4, -0.2) is 95.7 Å². The number of fused-ring (bicyclic) bond motifs is 1. The molecule has 2 saturated heterocycles. The Morgan fingerprint density at radius 3 is 2.37 bits per heavy atom. The van der Waals surface area contributed by atoms with Crippen LogP contribution in [0.15, 0.2) is 41.8 Å². The second-order valence-electron chi connectivity index (χ2n) is 12.6. The van der Waals surface area contributed by atoms with Crippen LogP contribution in [0.25, 0.3) is 10.1 Å². The lowest BCUT2D eigenvalue weighted by Crippen LogP contribution is -2.70. The fraction of sp³-hybridized carbons (Fsp3) is 0.500. The van der Waals surface area contributed by atoms with E-state index in [2.05, 4.69) is 20.0 Å². The molecule has 2 aromatic carbocycles. The van der Waals surface area contributed by atoms with Crippen LogP contribution in [-0.2, 0) is 20.7 Å². The van der Waals surface area contributed by atoms with Crippen molar-refractivity contribution in [2.75, 3.05) is 51.6 Å². The lowest BCUT2D eigenvalue weighted by molar-refractivity contribution is -0.260. The molecule has 3 fully saturated rings. The van der Waals surface area contributed by atoms with Crippen molar-refractivity contribution in [1.29, 1.82) is 0 Å². The van der Waals surface area contributed by atoms with Gasteiger partial charge in [0.05, 0.1) is 23.3 Å². The van der Waals surface area contributed by atoms with Crippen molar-refractivity contribution in [3.8, 4) is 0 Å². The normalized spacial score (nSPS) is 22.9. The maximum absolute atomic E-state index is 15.9. The molecule has 6 rings (SSSR count). The van der Waals surface area contributed by atoms with Gasteiger partial charge >= 0.3 is 5.97 Å². The predicted octanol–water partition coefficient (Wildman–Crippen LogP) is 5.71. The molecule has 9 nitrogen and oxygen atoms in total. The number of ether oxygens (including phenoxy) is 1. The van der Waals surface area contributed by atoms with Crippen LogP contribution >= 0.6 is 22.9 Å². The van der Waals surface area contributed by atoms with Gasteiger partial charge in [0.2, 0.25) is 5.85 Å². The number of Topliss-reactive ketones (excluding diaryl/α,β-unsaturated/α-hetero) is 1. The van der Waals surface area contributed by atoms with Gasteiger partial charge in [-0.2, -0.15) is 0 Å². The molecule has 2 aliphatic heterocycles. The van der Waals surface area contributed by atoms with Gasteiger partial charge in [0, 0.05) is 61.2 Å². The molecule has 12 heteroatoms. The van der Waals surface area contributed by atoms with Gasteiger partial charge in [0.15, 0.2) is 5.78 Å². The van der Waals surface area contributed by atoms with Gasteiger partial charge in [0.1, 0.15) is 10.8 Å². The third kappa shape index (κ3) is 6.58. The number of carboxylic acids is 1. The van der Waals surface area contributed by atoms with Crippen LogP contribution in [0.2, 0.25) is 5.02 Å². The van der Waals surface area contributed by atoms with Gasteiger partial charge in [-0.05, 0) is 63.3 Å². The number of thiophene rings is 1. The van der Waals surface area contributed by atoms with Gasteiger partial charge in [-0.1, -0.05) is 35.9 Å². The van der Waals surface area contributed by atoms with Gasteiger partial charge in [-0.3, -0.25) is 24.2 Å². The molecule has 246 valence electrons.